The molecule has 3 aromatic rings. The van der Waals surface area contributed by atoms with Gasteiger partial charge in [0.15, 0.2) is 12.2 Å². The molecule has 2 N–H and O–H groups in total. The second kappa shape index (κ2) is 9.19. The summed E-state index contributed by atoms with van der Waals surface area (Å²) in [6.45, 7) is 5.91. The Hall–Kier alpha value is -3.41. The van der Waals surface area contributed by atoms with Gasteiger partial charge in [-0.15, -0.1) is 0 Å². The number of rotatable bonds is 7. The van der Waals surface area contributed by atoms with Crippen molar-refractivity contribution in [1.29, 1.82) is 0 Å². The first-order chi connectivity index (χ1) is 13.9. The monoisotopic (exact) mass is 391 g/mol. The molecule has 0 radical (unpaired) electrons. The molecule has 0 saturated carbocycles. The van der Waals surface area contributed by atoms with Crippen LogP contribution < -0.4 is 10.6 Å². The Bertz CT molecular complexity index is 981. The number of hydrogen-bond acceptors (Lipinski definition) is 4. The number of aromatic nitrogens is 1. The van der Waals surface area contributed by atoms with Gasteiger partial charge in [0.2, 0.25) is 5.91 Å². The molecule has 6 nitrogen and oxygen atoms in total. The van der Waals surface area contributed by atoms with Crippen molar-refractivity contribution >= 4 is 17.5 Å². The highest BCUT2D eigenvalue weighted by atomic mass is 16.3. The maximum absolute atomic E-state index is 12.9. The molecular weight excluding hydrogens is 366 g/mol. The summed E-state index contributed by atoms with van der Waals surface area (Å²) in [5.74, 6) is 0.353. The maximum Gasteiger partial charge on any atom is 0.252 e. The number of carbonyl (C=O) groups is 2. The fourth-order valence-corrected chi connectivity index (χ4v) is 3.10. The molecule has 1 unspecified atom stereocenters. The Balaban J connectivity index is 1.75. The normalized spacial score (nSPS) is 11.9. The first-order valence-corrected chi connectivity index (χ1v) is 9.60. The lowest BCUT2D eigenvalue weighted by Crippen LogP contribution is -2.44. The summed E-state index contributed by atoms with van der Waals surface area (Å²) in [5.41, 5.74) is 2.88. The van der Waals surface area contributed by atoms with Crippen LogP contribution in [0.2, 0.25) is 0 Å². The van der Waals surface area contributed by atoms with Crippen LogP contribution in [-0.2, 0) is 4.79 Å². The molecule has 1 atom stereocenters. The number of oxazole rings is 1. The molecule has 6 heteroatoms. The van der Waals surface area contributed by atoms with E-state index in [0.29, 0.717) is 23.4 Å². The summed E-state index contributed by atoms with van der Waals surface area (Å²) in [7, 11) is 0. The highest BCUT2D eigenvalue weighted by Gasteiger charge is 2.23. The molecule has 0 spiro atoms. The molecule has 2 aromatic carbocycles. The molecule has 0 saturated heterocycles. The average Bonchev–Trinajstić information content (AvgIpc) is 3.22. The lowest BCUT2D eigenvalue weighted by Gasteiger charge is -2.21. The van der Waals surface area contributed by atoms with Gasteiger partial charge in [0.05, 0.1) is 6.20 Å². The summed E-state index contributed by atoms with van der Waals surface area (Å²) in [6, 6.07) is 14.0. The number of carbonyl (C=O) groups excluding carboxylic acids is 2. The van der Waals surface area contributed by atoms with Crippen LogP contribution in [0.1, 0.15) is 36.2 Å². The van der Waals surface area contributed by atoms with Gasteiger partial charge in [0.25, 0.3) is 5.91 Å². The van der Waals surface area contributed by atoms with E-state index < -0.39 is 6.04 Å². The van der Waals surface area contributed by atoms with Crippen LogP contribution in [0.5, 0.6) is 0 Å². The average molecular weight is 391 g/mol. The van der Waals surface area contributed by atoms with E-state index in [9.17, 15) is 9.59 Å². The Morgan fingerprint density at radius 3 is 2.59 bits per heavy atom. The number of amides is 2. The van der Waals surface area contributed by atoms with Crippen LogP contribution >= 0.6 is 0 Å². The van der Waals surface area contributed by atoms with Crippen molar-refractivity contribution in [3.05, 3.63) is 72.2 Å². The quantitative estimate of drug-likeness (QED) is 0.624. The Kier molecular flexibility index (Phi) is 6.44. The maximum atomic E-state index is 12.9. The Morgan fingerprint density at radius 1 is 1.10 bits per heavy atom. The van der Waals surface area contributed by atoms with Crippen molar-refractivity contribution in [1.82, 2.24) is 10.3 Å². The zero-order chi connectivity index (χ0) is 20.8. The lowest BCUT2D eigenvalue weighted by molar-refractivity contribution is -0.118. The van der Waals surface area contributed by atoms with Gasteiger partial charge >= 0.3 is 0 Å². The van der Waals surface area contributed by atoms with E-state index >= 15 is 0 Å². The molecule has 0 bridgehead atoms. The van der Waals surface area contributed by atoms with E-state index in [-0.39, 0.29) is 17.7 Å². The van der Waals surface area contributed by atoms with E-state index in [2.05, 4.69) is 15.6 Å². The van der Waals surface area contributed by atoms with E-state index in [0.717, 1.165) is 11.1 Å². The molecule has 1 aromatic heterocycles. The molecule has 0 aliphatic carbocycles. The third kappa shape index (κ3) is 5.31. The third-order valence-corrected chi connectivity index (χ3v) is 4.57. The molecule has 1 heterocycles. The van der Waals surface area contributed by atoms with Crippen LogP contribution in [0.15, 0.2) is 65.5 Å². The van der Waals surface area contributed by atoms with Crippen LogP contribution in [-0.4, -0.2) is 22.8 Å². The summed E-state index contributed by atoms with van der Waals surface area (Å²) < 4.78 is 5.31. The van der Waals surface area contributed by atoms with Gasteiger partial charge < -0.3 is 15.1 Å². The topological polar surface area (TPSA) is 84.2 Å². The van der Waals surface area contributed by atoms with Crippen molar-refractivity contribution in [2.75, 3.05) is 5.32 Å². The zero-order valence-electron chi connectivity index (χ0n) is 16.8. The third-order valence-electron chi connectivity index (χ3n) is 4.57. The second-order valence-electron chi connectivity index (χ2n) is 7.41. The van der Waals surface area contributed by atoms with Gasteiger partial charge in [0, 0.05) is 16.8 Å². The van der Waals surface area contributed by atoms with E-state index in [1.807, 2.05) is 57.2 Å². The first-order valence-electron chi connectivity index (χ1n) is 9.60. The predicted octanol–water partition coefficient (Wildman–Crippen LogP) is 4.43. The Morgan fingerprint density at radius 2 is 1.90 bits per heavy atom. The number of nitrogens with one attached hydrogen (secondary N) is 2. The standard InChI is InChI=1S/C23H25N3O3/c1-15(2)11-20(26-22(27)19-10-5-4-7-16(19)3)23(28)25-18-9-6-8-17(12-18)21-13-24-14-29-21/h4-10,12-15,20H,11H2,1-3H3,(H,25,28)(H,26,27). The molecule has 2 amide bonds. The van der Waals surface area contributed by atoms with E-state index in [1.165, 1.54) is 6.39 Å². The van der Waals surface area contributed by atoms with Crippen molar-refractivity contribution in [3.63, 3.8) is 0 Å². The van der Waals surface area contributed by atoms with Gasteiger partial charge in [-0.1, -0.05) is 44.2 Å². The molecule has 150 valence electrons. The lowest BCUT2D eigenvalue weighted by atomic mass is 10.0. The number of anilines is 1. The van der Waals surface area contributed by atoms with Crippen molar-refractivity contribution in [2.45, 2.75) is 33.2 Å². The summed E-state index contributed by atoms with van der Waals surface area (Å²) >= 11 is 0. The molecule has 0 aliphatic heterocycles. The minimum atomic E-state index is -0.643. The zero-order valence-corrected chi connectivity index (χ0v) is 16.8. The minimum absolute atomic E-state index is 0.239. The van der Waals surface area contributed by atoms with E-state index in [4.69, 9.17) is 4.42 Å². The highest BCUT2D eigenvalue weighted by molar-refractivity contribution is 6.02. The van der Waals surface area contributed by atoms with Crippen LogP contribution in [0.4, 0.5) is 5.69 Å². The van der Waals surface area contributed by atoms with Gasteiger partial charge in [0.1, 0.15) is 6.04 Å². The molecule has 29 heavy (non-hydrogen) atoms. The van der Waals surface area contributed by atoms with Crippen LogP contribution in [0, 0.1) is 12.8 Å². The largest absolute Gasteiger partial charge is 0.444 e. The fraction of sp³-hybridized carbons (Fsp3) is 0.261. The molecular formula is C23H25N3O3. The van der Waals surface area contributed by atoms with Crippen LogP contribution in [0.3, 0.4) is 0 Å². The van der Waals surface area contributed by atoms with Crippen molar-refractivity contribution in [2.24, 2.45) is 5.92 Å². The molecule has 3 rings (SSSR count). The van der Waals surface area contributed by atoms with Gasteiger partial charge in [-0.3, -0.25) is 9.59 Å². The fourth-order valence-electron chi connectivity index (χ4n) is 3.10. The van der Waals surface area contributed by atoms with E-state index in [1.54, 1.807) is 18.3 Å². The first kappa shape index (κ1) is 20.3. The summed E-state index contributed by atoms with van der Waals surface area (Å²) in [6.07, 6.45) is 3.51. The van der Waals surface area contributed by atoms with Gasteiger partial charge in [-0.25, -0.2) is 4.98 Å². The number of benzene rings is 2. The molecule has 0 fully saturated rings. The van der Waals surface area contributed by atoms with Gasteiger partial charge in [-0.2, -0.15) is 0 Å². The molecule has 0 aliphatic rings. The number of hydrogen-bond donors (Lipinski definition) is 2. The summed E-state index contributed by atoms with van der Waals surface area (Å²) in [5, 5.41) is 5.79. The minimum Gasteiger partial charge on any atom is -0.444 e. The highest BCUT2D eigenvalue weighted by Crippen LogP contribution is 2.22. The predicted molar refractivity (Wildman–Crippen MR) is 112 cm³/mol. The van der Waals surface area contributed by atoms with Crippen molar-refractivity contribution in [3.8, 4) is 11.3 Å². The van der Waals surface area contributed by atoms with Gasteiger partial charge in [-0.05, 0) is 43.0 Å². The summed E-state index contributed by atoms with van der Waals surface area (Å²) in [4.78, 5) is 29.6. The number of nitrogens with zero attached hydrogens (tertiary/aromatic N) is 1. The van der Waals surface area contributed by atoms with Crippen molar-refractivity contribution < 1.29 is 14.0 Å². The smallest absolute Gasteiger partial charge is 0.252 e. The van der Waals surface area contributed by atoms with Crippen LogP contribution in [0.25, 0.3) is 11.3 Å². The Labute approximate surface area is 170 Å². The second-order valence-corrected chi connectivity index (χ2v) is 7.41. The SMILES string of the molecule is Cc1ccccc1C(=O)NC(CC(C)C)C(=O)Nc1cccc(-c2cnco2)c1. The number of aryl methyl sites for hydroxylation is 1.